The minimum Gasteiger partial charge on any atom is -0.496 e. The highest BCUT2D eigenvalue weighted by molar-refractivity contribution is 5.95. The molecule has 4 aromatic rings. The minimum absolute atomic E-state index is 0.285. The Hall–Kier alpha value is -3.25. The van der Waals surface area contributed by atoms with Gasteiger partial charge in [0.15, 0.2) is 0 Å². The molecule has 1 N–H and O–H groups in total. The highest BCUT2D eigenvalue weighted by atomic mass is 19.1. The SMILES string of the molecule is COc1ccc(F)cc1-c1ccnc2[nH]c(C3CCN(Cc4ccccn4)C3)cc12. The van der Waals surface area contributed by atoms with Gasteiger partial charge < -0.3 is 9.72 Å². The number of ether oxygens (including phenoxy) is 1. The molecule has 0 amide bonds. The Bertz CT molecular complexity index is 1170. The maximum absolute atomic E-state index is 14.0. The summed E-state index contributed by atoms with van der Waals surface area (Å²) in [5.74, 6) is 0.770. The number of halogens is 1. The number of H-pyrrole nitrogens is 1. The van der Waals surface area contributed by atoms with Crippen molar-refractivity contribution >= 4 is 11.0 Å². The van der Waals surface area contributed by atoms with Crippen LogP contribution in [-0.2, 0) is 6.54 Å². The second-order valence-corrected chi connectivity index (χ2v) is 7.73. The van der Waals surface area contributed by atoms with Gasteiger partial charge in [-0.05, 0) is 61.0 Å². The van der Waals surface area contributed by atoms with E-state index in [4.69, 9.17) is 4.74 Å². The molecule has 0 bridgehead atoms. The summed E-state index contributed by atoms with van der Waals surface area (Å²) in [6.07, 6.45) is 4.68. The third kappa shape index (κ3) is 3.55. The zero-order valence-electron chi connectivity index (χ0n) is 16.8. The van der Waals surface area contributed by atoms with Crippen LogP contribution in [0.3, 0.4) is 0 Å². The molecule has 1 atom stereocenters. The van der Waals surface area contributed by atoms with Crippen molar-refractivity contribution in [3.63, 3.8) is 0 Å². The molecule has 0 saturated carbocycles. The highest BCUT2D eigenvalue weighted by Crippen LogP contribution is 2.37. The number of fused-ring (bicyclic) bond motifs is 1. The lowest BCUT2D eigenvalue weighted by molar-refractivity contribution is 0.322. The molecule has 0 aliphatic carbocycles. The Balaban J connectivity index is 1.44. The number of hydrogen-bond donors (Lipinski definition) is 1. The summed E-state index contributed by atoms with van der Waals surface area (Å²) in [5.41, 5.74) is 4.73. The maximum Gasteiger partial charge on any atom is 0.138 e. The molecule has 5 nitrogen and oxygen atoms in total. The monoisotopic (exact) mass is 402 g/mol. The lowest BCUT2D eigenvalue weighted by Crippen LogP contribution is -2.20. The average Bonchev–Trinajstić information content (AvgIpc) is 3.41. The molecule has 1 aromatic carbocycles. The van der Waals surface area contributed by atoms with Crippen molar-refractivity contribution < 1.29 is 9.13 Å². The molecule has 152 valence electrons. The van der Waals surface area contributed by atoms with Gasteiger partial charge in [0.1, 0.15) is 17.2 Å². The lowest BCUT2D eigenvalue weighted by Gasteiger charge is -2.14. The number of nitrogens with one attached hydrogen (secondary N) is 1. The maximum atomic E-state index is 14.0. The van der Waals surface area contributed by atoms with Crippen LogP contribution in [-0.4, -0.2) is 40.1 Å². The van der Waals surface area contributed by atoms with Crippen LogP contribution in [0.1, 0.15) is 23.7 Å². The number of rotatable bonds is 5. The Kier molecular flexibility index (Phi) is 4.93. The number of likely N-dealkylation sites (tertiary alicyclic amines) is 1. The molecule has 6 heteroatoms. The van der Waals surface area contributed by atoms with E-state index in [0.29, 0.717) is 11.7 Å². The first-order chi connectivity index (χ1) is 14.7. The van der Waals surface area contributed by atoms with E-state index in [2.05, 4.69) is 32.0 Å². The van der Waals surface area contributed by atoms with Crippen LogP contribution < -0.4 is 4.74 Å². The summed E-state index contributed by atoms with van der Waals surface area (Å²) in [6, 6.07) is 14.7. The zero-order valence-corrected chi connectivity index (χ0v) is 16.8. The second-order valence-electron chi connectivity index (χ2n) is 7.73. The van der Waals surface area contributed by atoms with Gasteiger partial charge in [-0.25, -0.2) is 9.37 Å². The molecule has 3 aromatic heterocycles. The summed E-state index contributed by atoms with van der Waals surface area (Å²) in [7, 11) is 1.60. The van der Waals surface area contributed by atoms with Crippen LogP contribution in [0.2, 0.25) is 0 Å². The first-order valence-corrected chi connectivity index (χ1v) is 10.1. The molecule has 4 heterocycles. The number of hydrogen-bond acceptors (Lipinski definition) is 4. The standard InChI is InChI=1S/C24H23FN4O/c1-30-23-6-5-17(25)12-20(23)19-7-10-27-24-21(19)13-22(28-24)16-8-11-29(14-16)15-18-4-2-3-9-26-18/h2-7,9-10,12-13,16H,8,11,14-15H2,1H3,(H,27,28). The average molecular weight is 402 g/mol. The third-order valence-corrected chi connectivity index (χ3v) is 5.83. The third-order valence-electron chi connectivity index (χ3n) is 5.83. The molecule has 1 unspecified atom stereocenters. The van der Waals surface area contributed by atoms with Crippen LogP contribution >= 0.6 is 0 Å². The molecular weight excluding hydrogens is 379 g/mol. The zero-order chi connectivity index (χ0) is 20.5. The van der Waals surface area contributed by atoms with Gasteiger partial charge in [0, 0.05) is 48.0 Å². The van der Waals surface area contributed by atoms with Gasteiger partial charge in [0.25, 0.3) is 0 Å². The van der Waals surface area contributed by atoms with Gasteiger partial charge in [-0.15, -0.1) is 0 Å². The van der Waals surface area contributed by atoms with E-state index in [1.165, 1.54) is 17.8 Å². The van der Waals surface area contributed by atoms with Crippen molar-refractivity contribution in [2.45, 2.75) is 18.9 Å². The Morgan fingerprint density at radius 1 is 1.10 bits per heavy atom. The fourth-order valence-corrected chi connectivity index (χ4v) is 4.34. The fraction of sp³-hybridized carbons (Fsp3) is 0.250. The summed E-state index contributed by atoms with van der Waals surface area (Å²) in [6.45, 7) is 2.87. The summed E-state index contributed by atoms with van der Waals surface area (Å²) in [4.78, 5) is 14.9. The van der Waals surface area contributed by atoms with E-state index < -0.39 is 0 Å². The predicted octanol–water partition coefficient (Wildman–Crippen LogP) is 4.76. The smallest absolute Gasteiger partial charge is 0.138 e. The summed E-state index contributed by atoms with van der Waals surface area (Å²) < 4.78 is 19.4. The highest BCUT2D eigenvalue weighted by Gasteiger charge is 2.26. The van der Waals surface area contributed by atoms with Crippen molar-refractivity contribution in [3.8, 4) is 16.9 Å². The van der Waals surface area contributed by atoms with Crippen molar-refractivity contribution in [3.05, 3.63) is 78.1 Å². The largest absolute Gasteiger partial charge is 0.496 e. The van der Waals surface area contributed by atoms with Crippen LogP contribution in [0, 0.1) is 5.82 Å². The normalized spacial score (nSPS) is 16.9. The van der Waals surface area contributed by atoms with Crippen molar-refractivity contribution in [2.75, 3.05) is 20.2 Å². The van der Waals surface area contributed by atoms with E-state index in [0.717, 1.165) is 53.9 Å². The Morgan fingerprint density at radius 3 is 2.87 bits per heavy atom. The van der Waals surface area contributed by atoms with E-state index in [1.807, 2.05) is 24.4 Å². The van der Waals surface area contributed by atoms with Gasteiger partial charge >= 0.3 is 0 Å². The molecular formula is C24H23FN4O. The molecule has 5 rings (SSSR count). The molecule has 0 radical (unpaired) electrons. The molecule has 1 saturated heterocycles. The van der Waals surface area contributed by atoms with Gasteiger partial charge in [-0.3, -0.25) is 9.88 Å². The lowest BCUT2D eigenvalue weighted by atomic mass is 10.0. The quantitative estimate of drug-likeness (QED) is 0.523. The van der Waals surface area contributed by atoms with Gasteiger partial charge in [-0.2, -0.15) is 0 Å². The first-order valence-electron chi connectivity index (χ1n) is 10.1. The molecule has 1 aliphatic rings. The van der Waals surface area contributed by atoms with Crippen LogP contribution in [0.25, 0.3) is 22.2 Å². The van der Waals surface area contributed by atoms with Gasteiger partial charge in [0.2, 0.25) is 0 Å². The van der Waals surface area contributed by atoms with E-state index in [9.17, 15) is 4.39 Å². The van der Waals surface area contributed by atoms with Crippen LogP contribution in [0.15, 0.2) is 60.9 Å². The Labute approximate surface area is 174 Å². The van der Waals surface area contributed by atoms with E-state index >= 15 is 0 Å². The van der Waals surface area contributed by atoms with E-state index in [1.54, 1.807) is 19.4 Å². The number of nitrogens with zero attached hydrogens (tertiary/aromatic N) is 3. The fourth-order valence-electron chi connectivity index (χ4n) is 4.34. The van der Waals surface area contributed by atoms with Crippen molar-refractivity contribution in [1.29, 1.82) is 0 Å². The van der Waals surface area contributed by atoms with Gasteiger partial charge in [0.05, 0.1) is 12.8 Å². The van der Waals surface area contributed by atoms with E-state index in [-0.39, 0.29) is 5.82 Å². The minimum atomic E-state index is -0.285. The first kappa shape index (κ1) is 18.8. The van der Waals surface area contributed by atoms with Crippen molar-refractivity contribution in [2.24, 2.45) is 0 Å². The summed E-state index contributed by atoms with van der Waals surface area (Å²) in [5, 5.41) is 0.986. The molecule has 0 spiro atoms. The number of benzene rings is 1. The number of pyridine rings is 2. The second kappa shape index (κ2) is 7.88. The molecule has 1 fully saturated rings. The number of aromatic nitrogens is 3. The van der Waals surface area contributed by atoms with Gasteiger partial charge in [-0.1, -0.05) is 6.07 Å². The van der Waals surface area contributed by atoms with Crippen LogP contribution in [0.4, 0.5) is 4.39 Å². The molecule has 30 heavy (non-hydrogen) atoms. The predicted molar refractivity (Wildman–Crippen MR) is 115 cm³/mol. The molecule has 1 aliphatic heterocycles. The Morgan fingerprint density at radius 2 is 2.03 bits per heavy atom. The number of methoxy groups -OCH3 is 1. The summed E-state index contributed by atoms with van der Waals surface area (Å²) >= 11 is 0. The topological polar surface area (TPSA) is 54.0 Å². The van der Waals surface area contributed by atoms with Crippen molar-refractivity contribution in [1.82, 2.24) is 19.9 Å². The van der Waals surface area contributed by atoms with Crippen LogP contribution in [0.5, 0.6) is 5.75 Å². The number of aromatic amines is 1.